The second kappa shape index (κ2) is 4.96. The van der Waals surface area contributed by atoms with Gasteiger partial charge in [-0.1, -0.05) is 0 Å². The fourth-order valence-corrected chi connectivity index (χ4v) is 2.55. The minimum atomic E-state index is -0.594. The lowest BCUT2D eigenvalue weighted by atomic mass is 9.78. The summed E-state index contributed by atoms with van der Waals surface area (Å²) in [4.78, 5) is 16.1. The quantitative estimate of drug-likeness (QED) is 0.602. The van der Waals surface area contributed by atoms with Gasteiger partial charge in [-0.05, 0) is 33.8 Å². The van der Waals surface area contributed by atoms with E-state index in [4.69, 9.17) is 18.8 Å². The average Bonchev–Trinajstić information content (AvgIpc) is 2.99. The molecule has 118 valence electrons. The number of rotatable bonds is 2. The molecular weight excluding hydrogens is 285 g/mol. The maximum atomic E-state index is 11.8. The lowest BCUT2D eigenvalue weighted by Crippen LogP contribution is -2.41. The lowest BCUT2D eigenvalue weighted by molar-refractivity contribution is 0.00578. The molecule has 0 bridgehead atoms. The molecule has 0 radical (unpaired) electrons. The monoisotopic (exact) mass is 305 g/mol. The van der Waals surface area contributed by atoms with E-state index in [9.17, 15) is 4.79 Å². The molecule has 0 aromatic carbocycles. The van der Waals surface area contributed by atoms with E-state index in [1.807, 2.05) is 27.7 Å². The number of hydrogen-bond acceptors (Lipinski definition) is 6. The molecule has 0 unspecified atom stereocenters. The number of carbonyl (C=O) groups is 1. The van der Waals surface area contributed by atoms with Crippen LogP contribution in [0, 0.1) is 0 Å². The van der Waals surface area contributed by atoms with Gasteiger partial charge in [-0.3, -0.25) is 0 Å². The molecule has 22 heavy (non-hydrogen) atoms. The molecule has 0 saturated carbocycles. The zero-order valence-electron chi connectivity index (χ0n) is 13.6. The van der Waals surface area contributed by atoms with Crippen LogP contribution in [0.5, 0.6) is 5.75 Å². The lowest BCUT2D eigenvalue weighted by Gasteiger charge is -2.32. The van der Waals surface area contributed by atoms with Gasteiger partial charge in [-0.25, -0.2) is 9.78 Å². The fourth-order valence-electron chi connectivity index (χ4n) is 2.55. The summed E-state index contributed by atoms with van der Waals surface area (Å²) < 4.78 is 22.6. The Kier molecular flexibility index (Phi) is 3.45. The molecule has 6 nitrogen and oxygen atoms in total. The molecule has 7 heteroatoms. The minimum Gasteiger partial charge on any atom is -0.492 e. The van der Waals surface area contributed by atoms with Crippen LogP contribution < -0.4 is 10.2 Å². The molecule has 1 aromatic heterocycles. The van der Waals surface area contributed by atoms with Crippen LogP contribution in [0.1, 0.15) is 43.9 Å². The van der Waals surface area contributed by atoms with Gasteiger partial charge in [0.25, 0.3) is 0 Å². The first-order chi connectivity index (χ1) is 10.2. The van der Waals surface area contributed by atoms with Crippen molar-refractivity contribution in [2.24, 2.45) is 0 Å². The van der Waals surface area contributed by atoms with E-state index in [1.54, 1.807) is 6.07 Å². The van der Waals surface area contributed by atoms with Crippen LogP contribution >= 0.6 is 0 Å². The van der Waals surface area contributed by atoms with Crippen molar-refractivity contribution in [1.29, 1.82) is 0 Å². The molecule has 0 aliphatic carbocycles. The number of hydrogen-bond donors (Lipinski definition) is 0. The number of pyridine rings is 1. The number of ether oxygens (including phenoxy) is 2. The minimum absolute atomic E-state index is 0.247. The van der Waals surface area contributed by atoms with Crippen LogP contribution in [0.4, 0.5) is 0 Å². The van der Waals surface area contributed by atoms with Crippen molar-refractivity contribution in [3.63, 3.8) is 0 Å². The van der Waals surface area contributed by atoms with Crippen molar-refractivity contribution in [2.75, 3.05) is 13.7 Å². The normalized spacial score (nSPS) is 21.4. The first-order valence-corrected chi connectivity index (χ1v) is 7.36. The SMILES string of the molecule is COC(=O)c1cc(B2OC(C)(C)C(C)(C)O2)c2c(n1)CCO2. The van der Waals surface area contributed by atoms with Gasteiger partial charge in [-0.2, -0.15) is 0 Å². The van der Waals surface area contributed by atoms with Crippen LogP contribution in [-0.4, -0.2) is 43.0 Å². The van der Waals surface area contributed by atoms with E-state index in [2.05, 4.69) is 4.98 Å². The van der Waals surface area contributed by atoms with Crippen molar-refractivity contribution < 1.29 is 23.6 Å². The number of aromatic nitrogens is 1. The van der Waals surface area contributed by atoms with Gasteiger partial charge in [0.1, 0.15) is 11.4 Å². The van der Waals surface area contributed by atoms with Crippen molar-refractivity contribution in [3.05, 3.63) is 17.5 Å². The van der Waals surface area contributed by atoms with E-state index in [1.165, 1.54) is 7.11 Å². The average molecular weight is 305 g/mol. The summed E-state index contributed by atoms with van der Waals surface area (Å²) in [6, 6.07) is 1.64. The van der Waals surface area contributed by atoms with Gasteiger partial charge >= 0.3 is 13.1 Å². The summed E-state index contributed by atoms with van der Waals surface area (Å²) in [5, 5.41) is 0. The summed E-state index contributed by atoms with van der Waals surface area (Å²) in [6.45, 7) is 8.47. The molecule has 0 atom stereocenters. The molecular formula is C15H20BNO5. The van der Waals surface area contributed by atoms with Gasteiger partial charge in [0.2, 0.25) is 0 Å². The summed E-state index contributed by atoms with van der Waals surface area (Å²) in [5.74, 6) is 0.179. The predicted molar refractivity (Wildman–Crippen MR) is 80.5 cm³/mol. The Morgan fingerprint density at radius 3 is 2.50 bits per heavy atom. The standard InChI is InChI=1S/C15H20BNO5/c1-14(2)15(3,4)22-16(21-14)9-8-11(13(18)19-5)17-10-6-7-20-12(9)10/h8H,6-7H2,1-5H3. The molecule has 1 aromatic rings. The highest BCUT2D eigenvalue weighted by molar-refractivity contribution is 6.63. The number of carbonyl (C=O) groups excluding carboxylic acids is 1. The van der Waals surface area contributed by atoms with Gasteiger partial charge in [0, 0.05) is 11.9 Å². The highest BCUT2D eigenvalue weighted by Crippen LogP contribution is 2.38. The van der Waals surface area contributed by atoms with Crippen LogP contribution in [0.25, 0.3) is 0 Å². The molecule has 3 heterocycles. The smallest absolute Gasteiger partial charge is 0.492 e. The summed E-state index contributed by atoms with van der Waals surface area (Å²) >= 11 is 0. The number of fused-ring (bicyclic) bond motifs is 1. The summed E-state index contributed by atoms with van der Waals surface area (Å²) in [7, 11) is 0.741. The predicted octanol–water partition coefficient (Wildman–Crippen LogP) is 1.10. The first-order valence-electron chi connectivity index (χ1n) is 7.36. The largest absolute Gasteiger partial charge is 0.498 e. The van der Waals surface area contributed by atoms with Gasteiger partial charge in [0.05, 0.1) is 30.6 Å². The number of methoxy groups -OCH3 is 1. The molecule has 0 N–H and O–H groups in total. The zero-order chi connectivity index (χ0) is 16.1. The Bertz CT molecular complexity index is 613. The zero-order valence-corrected chi connectivity index (χ0v) is 13.6. The van der Waals surface area contributed by atoms with Crippen LogP contribution in [-0.2, 0) is 20.5 Å². The highest BCUT2D eigenvalue weighted by Gasteiger charge is 2.53. The van der Waals surface area contributed by atoms with E-state index in [0.717, 1.165) is 5.69 Å². The Labute approximate surface area is 130 Å². The Hall–Kier alpha value is -1.60. The van der Waals surface area contributed by atoms with Crippen LogP contribution in [0.3, 0.4) is 0 Å². The van der Waals surface area contributed by atoms with Crippen molar-refractivity contribution >= 4 is 18.6 Å². The fraction of sp³-hybridized carbons (Fsp3) is 0.600. The second-order valence-electron chi connectivity index (χ2n) is 6.55. The Morgan fingerprint density at radius 2 is 1.91 bits per heavy atom. The third-order valence-electron chi connectivity index (χ3n) is 4.56. The van der Waals surface area contributed by atoms with E-state index < -0.39 is 24.3 Å². The van der Waals surface area contributed by atoms with E-state index in [-0.39, 0.29) is 5.69 Å². The second-order valence-corrected chi connectivity index (χ2v) is 6.55. The topological polar surface area (TPSA) is 66.9 Å². The van der Waals surface area contributed by atoms with Gasteiger partial charge < -0.3 is 18.8 Å². The molecule has 2 aliphatic heterocycles. The number of nitrogens with zero attached hydrogens (tertiary/aromatic N) is 1. The van der Waals surface area contributed by atoms with E-state index >= 15 is 0 Å². The van der Waals surface area contributed by atoms with Gasteiger partial charge in [-0.15, -0.1) is 0 Å². The first kappa shape index (κ1) is 15.3. The highest BCUT2D eigenvalue weighted by atomic mass is 16.7. The molecule has 2 aliphatic rings. The van der Waals surface area contributed by atoms with Crippen LogP contribution in [0.15, 0.2) is 6.07 Å². The summed E-state index contributed by atoms with van der Waals surface area (Å²) in [5.41, 5.74) is 0.765. The van der Waals surface area contributed by atoms with Crippen molar-refractivity contribution in [1.82, 2.24) is 4.98 Å². The Morgan fingerprint density at radius 1 is 1.27 bits per heavy atom. The van der Waals surface area contributed by atoms with Crippen molar-refractivity contribution in [3.8, 4) is 5.75 Å². The molecule has 1 saturated heterocycles. The third-order valence-corrected chi connectivity index (χ3v) is 4.56. The molecule has 0 amide bonds. The van der Waals surface area contributed by atoms with E-state index in [0.29, 0.717) is 24.2 Å². The van der Waals surface area contributed by atoms with Crippen LogP contribution in [0.2, 0.25) is 0 Å². The van der Waals surface area contributed by atoms with Gasteiger partial charge in [0.15, 0.2) is 0 Å². The molecule has 3 rings (SSSR count). The maximum absolute atomic E-state index is 11.8. The molecule has 0 spiro atoms. The third kappa shape index (κ3) is 2.28. The number of esters is 1. The summed E-state index contributed by atoms with van der Waals surface area (Å²) in [6.07, 6.45) is 0.659. The Balaban J connectivity index is 2.04. The molecule has 1 fully saturated rings. The van der Waals surface area contributed by atoms with Crippen molar-refractivity contribution in [2.45, 2.75) is 45.3 Å². The maximum Gasteiger partial charge on any atom is 0.498 e.